The maximum absolute atomic E-state index is 11.8. The van der Waals surface area contributed by atoms with E-state index in [4.69, 9.17) is 9.47 Å². The Morgan fingerprint density at radius 2 is 1.53 bits per heavy atom. The molecule has 0 saturated heterocycles. The van der Waals surface area contributed by atoms with E-state index in [-0.39, 0.29) is 41.1 Å². The summed E-state index contributed by atoms with van der Waals surface area (Å²) in [6.45, 7) is 0.205. The van der Waals surface area contributed by atoms with Crippen molar-refractivity contribution in [3.8, 4) is 45.7 Å². The molecule has 0 amide bonds. The lowest BCUT2D eigenvalue weighted by Gasteiger charge is -2.13. The molecule has 3 aromatic carbocycles. The molecule has 0 atom stereocenters. The van der Waals surface area contributed by atoms with Crippen molar-refractivity contribution in [1.82, 2.24) is 15.0 Å². The van der Waals surface area contributed by atoms with Gasteiger partial charge in [0.25, 0.3) is 6.47 Å². The topological polar surface area (TPSA) is 132 Å². The van der Waals surface area contributed by atoms with Crippen molar-refractivity contribution in [3.63, 3.8) is 0 Å². The van der Waals surface area contributed by atoms with Gasteiger partial charge in [0.05, 0.1) is 23.8 Å². The van der Waals surface area contributed by atoms with Crippen LogP contribution in [0.5, 0.6) is 11.5 Å². The van der Waals surface area contributed by atoms with Crippen molar-refractivity contribution in [1.29, 1.82) is 0 Å². The number of benzene rings is 3. The number of ether oxygens (including phenoxy) is 2. The Hall–Kier alpha value is -4.79. The van der Waals surface area contributed by atoms with Crippen LogP contribution in [0, 0.1) is 0 Å². The fourth-order valence-electron chi connectivity index (χ4n) is 3.36. The molecule has 0 aliphatic rings. The SMILES string of the molecule is COC(=O)c1ccc(-c2nc(-c3ccccc3O)nc(-c3c(O)cccc3COC=O)n2)cc1. The first-order valence-corrected chi connectivity index (χ1v) is 10.1. The standard InChI is InChI=1S/C25H19N3O6/c1-33-25(32)16-11-9-15(10-12-16)22-26-23(18-6-2-3-7-19(18)30)28-24(27-22)21-17(13-34-14-29)5-4-8-20(21)31/h2-12,14,30-31H,13H2,1H3. The summed E-state index contributed by atoms with van der Waals surface area (Å²) in [5.74, 6) is -0.109. The van der Waals surface area contributed by atoms with E-state index in [1.807, 2.05) is 0 Å². The van der Waals surface area contributed by atoms with Gasteiger partial charge in [0.15, 0.2) is 17.5 Å². The summed E-state index contributed by atoms with van der Waals surface area (Å²) >= 11 is 0. The summed E-state index contributed by atoms with van der Waals surface area (Å²) < 4.78 is 9.62. The van der Waals surface area contributed by atoms with Crippen LogP contribution in [-0.2, 0) is 20.9 Å². The lowest BCUT2D eigenvalue weighted by Crippen LogP contribution is -2.04. The normalized spacial score (nSPS) is 10.5. The van der Waals surface area contributed by atoms with Gasteiger partial charge in [0.2, 0.25) is 0 Å². The van der Waals surface area contributed by atoms with Gasteiger partial charge in [-0.1, -0.05) is 36.4 Å². The highest BCUT2D eigenvalue weighted by atomic mass is 16.5. The molecule has 0 spiro atoms. The number of para-hydroxylation sites is 1. The Balaban J connectivity index is 1.92. The third-order valence-corrected chi connectivity index (χ3v) is 5.00. The van der Waals surface area contributed by atoms with Gasteiger partial charge in [0, 0.05) is 11.1 Å². The minimum Gasteiger partial charge on any atom is -0.507 e. The molecule has 0 aliphatic carbocycles. The van der Waals surface area contributed by atoms with Crippen molar-refractivity contribution >= 4 is 12.4 Å². The van der Waals surface area contributed by atoms with Crippen LogP contribution in [0.4, 0.5) is 0 Å². The zero-order valence-electron chi connectivity index (χ0n) is 18.0. The molecular weight excluding hydrogens is 438 g/mol. The average molecular weight is 457 g/mol. The molecule has 0 fully saturated rings. The summed E-state index contributed by atoms with van der Waals surface area (Å²) in [6.07, 6.45) is 0. The van der Waals surface area contributed by atoms with E-state index in [9.17, 15) is 19.8 Å². The fraction of sp³-hybridized carbons (Fsp3) is 0.0800. The maximum Gasteiger partial charge on any atom is 0.337 e. The zero-order valence-corrected chi connectivity index (χ0v) is 18.0. The highest BCUT2D eigenvalue weighted by Crippen LogP contribution is 2.34. The molecule has 9 heteroatoms. The van der Waals surface area contributed by atoms with E-state index in [0.717, 1.165) is 0 Å². The highest BCUT2D eigenvalue weighted by Gasteiger charge is 2.19. The maximum atomic E-state index is 11.8. The largest absolute Gasteiger partial charge is 0.507 e. The molecule has 34 heavy (non-hydrogen) atoms. The van der Waals surface area contributed by atoms with Gasteiger partial charge in [-0.3, -0.25) is 4.79 Å². The Kier molecular flexibility index (Phi) is 6.45. The molecule has 0 unspecified atom stereocenters. The van der Waals surface area contributed by atoms with Gasteiger partial charge < -0.3 is 19.7 Å². The quantitative estimate of drug-likeness (QED) is 0.315. The number of esters is 1. The molecule has 0 radical (unpaired) electrons. The van der Waals surface area contributed by atoms with Crippen LogP contribution in [0.1, 0.15) is 15.9 Å². The number of rotatable bonds is 7. The molecular formula is C25H19N3O6. The molecule has 9 nitrogen and oxygen atoms in total. The molecule has 170 valence electrons. The van der Waals surface area contributed by atoms with Crippen molar-refractivity contribution in [2.45, 2.75) is 6.61 Å². The Morgan fingerprint density at radius 3 is 2.24 bits per heavy atom. The van der Waals surface area contributed by atoms with Crippen LogP contribution in [0.3, 0.4) is 0 Å². The highest BCUT2D eigenvalue weighted by molar-refractivity contribution is 5.89. The predicted molar refractivity (Wildman–Crippen MR) is 122 cm³/mol. The van der Waals surface area contributed by atoms with Gasteiger partial charge in [-0.05, 0) is 30.3 Å². The van der Waals surface area contributed by atoms with Crippen LogP contribution in [0.2, 0.25) is 0 Å². The van der Waals surface area contributed by atoms with E-state index in [1.165, 1.54) is 19.2 Å². The first-order valence-electron chi connectivity index (χ1n) is 10.1. The molecule has 0 saturated carbocycles. The van der Waals surface area contributed by atoms with Gasteiger partial charge in [-0.2, -0.15) is 0 Å². The minimum absolute atomic E-state index is 0.0339. The number of carbonyl (C=O) groups is 2. The third kappa shape index (κ3) is 4.53. The number of phenolic OH excluding ortho intramolecular Hbond substituents is 2. The number of carbonyl (C=O) groups excluding carboxylic acids is 2. The van der Waals surface area contributed by atoms with Crippen LogP contribution < -0.4 is 0 Å². The molecule has 1 heterocycles. The molecule has 0 bridgehead atoms. The molecule has 2 N–H and O–H groups in total. The second-order valence-electron chi connectivity index (χ2n) is 7.11. The van der Waals surface area contributed by atoms with Crippen molar-refractivity contribution in [2.24, 2.45) is 0 Å². The molecule has 4 aromatic rings. The first kappa shape index (κ1) is 22.4. The van der Waals surface area contributed by atoms with E-state index in [1.54, 1.807) is 54.6 Å². The van der Waals surface area contributed by atoms with Crippen LogP contribution in [0.15, 0.2) is 66.7 Å². The smallest absolute Gasteiger partial charge is 0.337 e. The second-order valence-corrected chi connectivity index (χ2v) is 7.11. The van der Waals surface area contributed by atoms with Gasteiger partial charge in [0.1, 0.15) is 18.1 Å². The third-order valence-electron chi connectivity index (χ3n) is 5.00. The van der Waals surface area contributed by atoms with Crippen LogP contribution in [-0.4, -0.2) is 44.7 Å². The Labute approximate surface area is 194 Å². The lowest BCUT2D eigenvalue weighted by atomic mass is 10.1. The van der Waals surface area contributed by atoms with Crippen molar-refractivity contribution in [2.75, 3.05) is 7.11 Å². The van der Waals surface area contributed by atoms with Crippen LogP contribution in [0.25, 0.3) is 34.2 Å². The summed E-state index contributed by atoms with van der Waals surface area (Å²) in [7, 11) is 1.30. The number of nitrogens with zero attached hydrogens (tertiary/aromatic N) is 3. The van der Waals surface area contributed by atoms with E-state index >= 15 is 0 Å². The Bertz CT molecular complexity index is 1360. The van der Waals surface area contributed by atoms with Crippen LogP contribution >= 0.6 is 0 Å². The summed E-state index contributed by atoms with van der Waals surface area (Å²) in [5.41, 5.74) is 2.02. The van der Waals surface area contributed by atoms with Crippen molar-refractivity contribution in [3.05, 3.63) is 77.9 Å². The van der Waals surface area contributed by atoms with Gasteiger partial charge in [-0.15, -0.1) is 0 Å². The minimum atomic E-state index is -0.480. The van der Waals surface area contributed by atoms with E-state index < -0.39 is 5.97 Å². The monoisotopic (exact) mass is 457 g/mol. The van der Waals surface area contributed by atoms with E-state index in [2.05, 4.69) is 15.0 Å². The Morgan fingerprint density at radius 1 is 0.853 bits per heavy atom. The molecule has 0 aliphatic heterocycles. The number of hydrogen-bond acceptors (Lipinski definition) is 9. The number of aromatic nitrogens is 3. The van der Waals surface area contributed by atoms with Gasteiger partial charge in [-0.25, -0.2) is 19.7 Å². The fourth-order valence-corrected chi connectivity index (χ4v) is 3.36. The lowest BCUT2D eigenvalue weighted by molar-refractivity contribution is -0.129. The predicted octanol–water partition coefficient (Wildman–Crippen LogP) is 3.74. The summed E-state index contributed by atoms with van der Waals surface area (Å²) in [6, 6.07) is 17.8. The first-order chi connectivity index (χ1) is 16.5. The number of methoxy groups -OCH3 is 1. The van der Waals surface area contributed by atoms with E-state index in [0.29, 0.717) is 28.7 Å². The number of aromatic hydroxyl groups is 2. The number of hydrogen-bond donors (Lipinski definition) is 2. The van der Waals surface area contributed by atoms with Crippen molar-refractivity contribution < 1.29 is 29.3 Å². The molecule has 1 aromatic heterocycles. The zero-order chi connectivity index (χ0) is 24.1. The summed E-state index contributed by atoms with van der Waals surface area (Å²) in [5, 5.41) is 21.0. The molecule has 4 rings (SSSR count). The average Bonchev–Trinajstić information content (AvgIpc) is 2.87. The summed E-state index contributed by atoms with van der Waals surface area (Å²) in [4.78, 5) is 36.0. The second kappa shape index (κ2) is 9.78. The van der Waals surface area contributed by atoms with Gasteiger partial charge >= 0.3 is 5.97 Å². The number of phenols is 2.